The van der Waals surface area contributed by atoms with Crippen molar-refractivity contribution in [2.45, 2.75) is 72.0 Å². The third kappa shape index (κ3) is 9.18. The number of nitrogens with one attached hydrogen (secondary N) is 1. The third-order valence-corrected chi connectivity index (χ3v) is 7.98. The van der Waals surface area contributed by atoms with Crippen LogP contribution in [0.25, 0.3) is 0 Å². The van der Waals surface area contributed by atoms with Crippen LogP contribution in [0.5, 0.6) is 0 Å². The van der Waals surface area contributed by atoms with Crippen molar-refractivity contribution in [1.82, 2.24) is 10.2 Å². The number of hydrogen-bond acceptors (Lipinski definition) is 4. The number of hydrogen-bond donors (Lipinski definition) is 1. The number of nitrogens with zero attached hydrogens (tertiary/aromatic N) is 2. The Kier molecular flexibility index (Phi) is 10.4. The van der Waals surface area contributed by atoms with Crippen molar-refractivity contribution in [3.05, 3.63) is 101 Å². The van der Waals surface area contributed by atoms with Crippen LogP contribution in [0, 0.1) is 6.92 Å². The summed E-state index contributed by atoms with van der Waals surface area (Å²) in [6.45, 7) is 11.7. The van der Waals surface area contributed by atoms with E-state index in [1.165, 1.54) is 4.90 Å². The van der Waals surface area contributed by atoms with Crippen LogP contribution in [-0.2, 0) is 38.0 Å². The maximum atomic E-state index is 14.2. The normalized spacial score (nSPS) is 12.6. The molecule has 0 radical (unpaired) electrons. The Labute approximate surface area is 245 Å². The van der Waals surface area contributed by atoms with E-state index >= 15 is 0 Å². The van der Waals surface area contributed by atoms with Crippen LogP contribution < -0.4 is 9.62 Å². The van der Waals surface area contributed by atoms with E-state index in [9.17, 15) is 18.0 Å². The molecule has 7 nitrogen and oxygen atoms in total. The lowest BCUT2D eigenvalue weighted by molar-refractivity contribution is -0.140. The minimum atomic E-state index is -3.81. The number of benzene rings is 3. The highest BCUT2D eigenvalue weighted by Gasteiger charge is 2.33. The number of rotatable bonds is 11. The van der Waals surface area contributed by atoms with Gasteiger partial charge in [-0.3, -0.25) is 13.9 Å². The molecule has 3 aromatic carbocycles. The van der Waals surface area contributed by atoms with Crippen LogP contribution in [0.15, 0.2) is 78.9 Å². The standard InChI is InChI=1S/C33H43N3O4S/c1-24(2)34-32(38)30(21-26-13-9-8-10-14-26)35(22-27-15-11-12-25(3)20-27)31(37)23-36(41(7,39)40)29-18-16-28(17-19-29)33(4,5)6/h8-20,24,30H,21-23H2,1-7H3,(H,34,38)/t30-/m0/s1. The van der Waals surface area contributed by atoms with Crippen molar-refractivity contribution in [1.29, 1.82) is 0 Å². The molecule has 0 aliphatic heterocycles. The molecule has 0 aliphatic rings. The Balaban J connectivity index is 2.05. The number of carbonyl (C=O) groups is 2. The van der Waals surface area contributed by atoms with Gasteiger partial charge in [0.1, 0.15) is 12.6 Å². The quantitative estimate of drug-likeness (QED) is 0.338. The molecule has 3 rings (SSSR count). The SMILES string of the molecule is Cc1cccc(CN(C(=O)CN(c2ccc(C(C)(C)C)cc2)S(C)(=O)=O)[C@@H](Cc2ccccc2)C(=O)NC(C)C)c1. The molecule has 3 aromatic rings. The van der Waals surface area contributed by atoms with Crippen molar-refractivity contribution in [3.8, 4) is 0 Å². The van der Waals surface area contributed by atoms with Gasteiger partial charge in [-0.05, 0) is 55.0 Å². The van der Waals surface area contributed by atoms with Crippen molar-refractivity contribution in [3.63, 3.8) is 0 Å². The van der Waals surface area contributed by atoms with Crippen LogP contribution in [0.1, 0.15) is 56.9 Å². The van der Waals surface area contributed by atoms with Gasteiger partial charge < -0.3 is 10.2 Å². The molecule has 41 heavy (non-hydrogen) atoms. The summed E-state index contributed by atoms with van der Waals surface area (Å²) in [6.07, 6.45) is 1.38. The van der Waals surface area contributed by atoms with Gasteiger partial charge >= 0.3 is 0 Å². The van der Waals surface area contributed by atoms with Crippen molar-refractivity contribution in [2.24, 2.45) is 0 Å². The number of aryl methyl sites for hydroxylation is 1. The summed E-state index contributed by atoms with van der Waals surface area (Å²) in [5.74, 6) is -0.748. The average molecular weight is 578 g/mol. The summed E-state index contributed by atoms with van der Waals surface area (Å²) < 4.78 is 27.1. The first-order valence-electron chi connectivity index (χ1n) is 13.9. The molecule has 1 N–H and O–H groups in total. The van der Waals surface area contributed by atoms with Crippen LogP contribution >= 0.6 is 0 Å². The Morgan fingerprint density at radius 2 is 1.49 bits per heavy atom. The van der Waals surface area contributed by atoms with E-state index in [0.717, 1.165) is 32.8 Å². The second-order valence-corrected chi connectivity index (χ2v) is 13.9. The molecule has 0 spiro atoms. The Morgan fingerprint density at radius 1 is 0.878 bits per heavy atom. The molecule has 220 valence electrons. The van der Waals surface area contributed by atoms with Gasteiger partial charge in [-0.25, -0.2) is 8.42 Å². The first-order valence-corrected chi connectivity index (χ1v) is 15.8. The lowest BCUT2D eigenvalue weighted by Gasteiger charge is -2.34. The molecule has 0 unspecified atom stereocenters. The first kappa shape index (κ1) is 31.9. The Bertz CT molecular complexity index is 1430. The van der Waals surface area contributed by atoms with Crippen LogP contribution in [-0.4, -0.2) is 50.0 Å². The smallest absolute Gasteiger partial charge is 0.244 e. The van der Waals surface area contributed by atoms with Gasteiger partial charge in [0.25, 0.3) is 0 Å². The van der Waals surface area contributed by atoms with Crippen LogP contribution in [0.4, 0.5) is 5.69 Å². The highest BCUT2D eigenvalue weighted by molar-refractivity contribution is 7.92. The summed E-state index contributed by atoms with van der Waals surface area (Å²) >= 11 is 0. The number of carbonyl (C=O) groups excluding carboxylic acids is 2. The van der Waals surface area contributed by atoms with Crippen molar-refractivity contribution >= 4 is 27.5 Å². The highest BCUT2D eigenvalue weighted by atomic mass is 32.2. The summed E-state index contributed by atoms with van der Waals surface area (Å²) in [5, 5.41) is 2.97. The number of anilines is 1. The average Bonchev–Trinajstić information content (AvgIpc) is 2.88. The highest BCUT2D eigenvalue weighted by Crippen LogP contribution is 2.26. The van der Waals surface area contributed by atoms with Gasteiger partial charge in [0.05, 0.1) is 11.9 Å². The van der Waals surface area contributed by atoms with E-state index in [2.05, 4.69) is 26.1 Å². The minimum absolute atomic E-state index is 0.108. The largest absolute Gasteiger partial charge is 0.352 e. The van der Waals surface area contributed by atoms with Gasteiger partial charge in [-0.15, -0.1) is 0 Å². The summed E-state index contributed by atoms with van der Waals surface area (Å²) in [5.41, 5.74) is 4.12. The molecule has 0 bridgehead atoms. The predicted octanol–water partition coefficient (Wildman–Crippen LogP) is 5.22. The molecule has 0 aliphatic carbocycles. The Hall–Kier alpha value is -3.65. The monoisotopic (exact) mass is 577 g/mol. The lowest BCUT2D eigenvalue weighted by atomic mass is 9.87. The molecule has 0 saturated carbocycles. The molecule has 2 amide bonds. The van der Waals surface area contributed by atoms with Gasteiger partial charge in [-0.1, -0.05) is 93.1 Å². The number of amides is 2. The van der Waals surface area contributed by atoms with E-state index in [-0.39, 0.29) is 30.3 Å². The zero-order chi connectivity index (χ0) is 30.4. The van der Waals surface area contributed by atoms with Crippen LogP contribution in [0.3, 0.4) is 0 Å². The van der Waals surface area contributed by atoms with E-state index < -0.39 is 28.5 Å². The molecule has 8 heteroatoms. The van der Waals surface area contributed by atoms with Gasteiger partial charge in [0.2, 0.25) is 21.8 Å². The number of sulfonamides is 1. The second kappa shape index (κ2) is 13.3. The van der Waals surface area contributed by atoms with Gasteiger partial charge in [-0.2, -0.15) is 0 Å². The fraction of sp³-hybridized carbons (Fsp3) is 0.394. The summed E-state index contributed by atoms with van der Waals surface area (Å²) in [7, 11) is -3.81. The lowest BCUT2D eigenvalue weighted by Crippen LogP contribution is -2.54. The fourth-order valence-corrected chi connectivity index (χ4v) is 5.53. The molecule has 0 fully saturated rings. The first-order chi connectivity index (χ1) is 19.1. The maximum absolute atomic E-state index is 14.2. The van der Waals surface area contributed by atoms with E-state index in [4.69, 9.17) is 0 Å². The molecular formula is C33H43N3O4S. The fourth-order valence-electron chi connectivity index (χ4n) is 4.68. The van der Waals surface area contributed by atoms with Gasteiger partial charge in [0.15, 0.2) is 0 Å². The molecule has 0 heterocycles. The van der Waals surface area contributed by atoms with Gasteiger partial charge in [0, 0.05) is 19.0 Å². The zero-order valence-electron chi connectivity index (χ0n) is 25.2. The predicted molar refractivity (Wildman–Crippen MR) is 166 cm³/mol. The van der Waals surface area contributed by atoms with Crippen LogP contribution in [0.2, 0.25) is 0 Å². The zero-order valence-corrected chi connectivity index (χ0v) is 26.0. The summed E-state index contributed by atoms with van der Waals surface area (Å²) in [6, 6.07) is 23.5. The topological polar surface area (TPSA) is 86.8 Å². The molecule has 0 saturated heterocycles. The van der Waals surface area contributed by atoms with E-state index in [1.54, 1.807) is 12.1 Å². The minimum Gasteiger partial charge on any atom is -0.352 e. The third-order valence-electron chi connectivity index (χ3n) is 6.84. The molecular weight excluding hydrogens is 534 g/mol. The van der Waals surface area contributed by atoms with E-state index in [1.807, 2.05) is 87.5 Å². The maximum Gasteiger partial charge on any atom is 0.244 e. The summed E-state index contributed by atoms with van der Waals surface area (Å²) in [4.78, 5) is 29.3. The van der Waals surface area contributed by atoms with Crippen molar-refractivity contribution in [2.75, 3.05) is 17.1 Å². The van der Waals surface area contributed by atoms with Crippen molar-refractivity contribution < 1.29 is 18.0 Å². The van der Waals surface area contributed by atoms with E-state index in [0.29, 0.717) is 5.69 Å². The Morgan fingerprint density at radius 3 is 2.02 bits per heavy atom. The second-order valence-electron chi connectivity index (χ2n) is 11.9. The molecule has 0 aromatic heterocycles. The molecule has 1 atom stereocenters.